The molecule has 1 saturated heterocycles. The number of aryl methyl sites for hydroxylation is 1. The van der Waals surface area contributed by atoms with Gasteiger partial charge in [0, 0.05) is 17.7 Å². The van der Waals surface area contributed by atoms with Crippen LogP contribution in [-0.2, 0) is 21.1 Å². The standard InChI is InChI=1S/C11H15NO4S2/c13-10(14)2-1-9-7-17-11(12-9)8-3-5-18(15,16)6-4-8/h7-8H,1-6H2,(H,13,14). The average molecular weight is 289 g/mol. The maximum atomic E-state index is 11.3. The molecule has 0 aromatic carbocycles. The molecule has 1 N–H and O–H groups in total. The summed E-state index contributed by atoms with van der Waals surface area (Å²) < 4.78 is 22.7. The molecule has 0 atom stereocenters. The molecule has 2 rings (SSSR count). The Labute approximate surface area is 110 Å². The van der Waals surface area contributed by atoms with Gasteiger partial charge in [-0.2, -0.15) is 0 Å². The first kappa shape index (κ1) is 13.5. The summed E-state index contributed by atoms with van der Waals surface area (Å²) in [5.41, 5.74) is 0.797. The molecule has 0 unspecified atom stereocenters. The van der Waals surface area contributed by atoms with Gasteiger partial charge in [0.25, 0.3) is 0 Å². The van der Waals surface area contributed by atoms with Gasteiger partial charge >= 0.3 is 5.97 Å². The van der Waals surface area contributed by atoms with Crippen molar-refractivity contribution in [3.63, 3.8) is 0 Å². The van der Waals surface area contributed by atoms with Crippen LogP contribution in [0.2, 0.25) is 0 Å². The van der Waals surface area contributed by atoms with Crippen LogP contribution >= 0.6 is 11.3 Å². The van der Waals surface area contributed by atoms with Gasteiger partial charge in [0.1, 0.15) is 9.84 Å². The van der Waals surface area contributed by atoms with Gasteiger partial charge in [-0.05, 0) is 12.8 Å². The molecule has 0 saturated carbocycles. The normalized spacial score (nSPS) is 19.8. The molecule has 1 aromatic heterocycles. The number of sulfone groups is 1. The zero-order valence-corrected chi connectivity index (χ0v) is 11.5. The van der Waals surface area contributed by atoms with E-state index in [1.165, 1.54) is 11.3 Å². The van der Waals surface area contributed by atoms with Crippen molar-refractivity contribution >= 4 is 27.1 Å². The smallest absolute Gasteiger partial charge is 0.303 e. The molecule has 5 nitrogen and oxygen atoms in total. The van der Waals surface area contributed by atoms with Crippen LogP contribution in [0.25, 0.3) is 0 Å². The lowest BCUT2D eigenvalue weighted by molar-refractivity contribution is -0.136. The number of rotatable bonds is 4. The Morgan fingerprint density at radius 3 is 2.72 bits per heavy atom. The van der Waals surface area contributed by atoms with Gasteiger partial charge in [0.05, 0.1) is 28.6 Å². The topological polar surface area (TPSA) is 84.3 Å². The Bertz CT molecular complexity index is 521. The molecule has 0 bridgehead atoms. The maximum Gasteiger partial charge on any atom is 0.303 e. The Kier molecular flexibility index (Phi) is 4.01. The molecule has 1 aliphatic rings. The fourth-order valence-electron chi connectivity index (χ4n) is 2.00. The van der Waals surface area contributed by atoms with Crippen LogP contribution in [0.1, 0.15) is 35.9 Å². The van der Waals surface area contributed by atoms with E-state index >= 15 is 0 Å². The van der Waals surface area contributed by atoms with Crippen LogP contribution in [-0.4, -0.2) is 36.0 Å². The second-order valence-electron chi connectivity index (χ2n) is 4.50. The number of hydrogen-bond acceptors (Lipinski definition) is 5. The summed E-state index contributed by atoms with van der Waals surface area (Å²) in [6.07, 6.45) is 1.79. The fraction of sp³-hybridized carbons (Fsp3) is 0.636. The van der Waals surface area contributed by atoms with E-state index in [0.717, 1.165) is 10.7 Å². The molecule has 2 heterocycles. The summed E-state index contributed by atoms with van der Waals surface area (Å²) in [4.78, 5) is 14.9. The summed E-state index contributed by atoms with van der Waals surface area (Å²) in [5.74, 6) is -0.130. The van der Waals surface area contributed by atoms with Gasteiger partial charge in [-0.1, -0.05) is 0 Å². The lowest BCUT2D eigenvalue weighted by Gasteiger charge is -2.19. The molecule has 1 aromatic rings. The van der Waals surface area contributed by atoms with Crippen LogP contribution in [0.15, 0.2) is 5.38 Å². The molecule has 1 aliphatic heterocycles. The minimum Gasteiger partial charge on any atom is -0.481 e. The zero-order chi connectivity index (χ0) is 13.2. The Balaban J connectivity index is 1.96. The molecule has 100 valence electrons. The van der Waals surface area contributed by atoms with Crippen LogP contribution in [0, 0.1) is 0 Å². The van der Waals surface area contributed by atoms with E-state index in [1.807, 2.05) is 5.38 Å². The monoisotopic (exact) mass is 289 g/mol. The number of thiazole rings is 1. The van der Waals surface area contributed by atoms with Gasteiger partial charge < -0.3 is 5.11 Å². The minimum atomic E-state index is -2.84. The highest BCUT2D eigenvalue weighted by atomic mass is 32.2. The van der Waals surface area contributed by atoms with Crippen LogP contribution < -0.4 is 0 Å². The van der Waals surface area contributed by atoms with Crippen LogP contribution in [0.3, 0.4) is 0 Å². The Hall–Kier alpha value is -0.950. The number of nitrogens with zero attached hydrogens (tertiary/aromatic N) is 1. The summed E-state index contributed by atoms with van der Waals surface area (Å²) in [7, 11) is -2.84. The van der Waals surface area contributed by atoms with Crippen molar-refractivity contribution in [2.24, 2.45) is 0 Å². The van der Waals surface area contributed by atoms with E-state index in [0.29, 0.717) is 19.3 Å². The molecule has 1 fully saturated rings. The van der Waals surface area contributed by atoms with Gasteiger partial charge in [0.15, 0.2) is 0 Å². The fourth-order valence-corrected chi connectivity index (χ4v) is 4.51. The van der Waals surface area contributed by atoms with E-state index in [2.05, 4.69) is 4.98 Å². The van der Waals surface area contributed by atoms with Crippen LogP contribution in [0.4, 0.5) is 0 Å². The SMILES string of the molecule is O=C(O)CCc1csc(C2CCS(=O)(=O)CC2)n1. The van der Waals surface area contributed by atoms with Crippen molar-refractivity contribution in [1.29, 1.82) is 0 Å². The predicted octanol–water partition coefficient (Wildman–Crippen LogP) is 1.45. The van der Waals surface area contributed by atoms with Crippen molar-refractivity contribution in [2.45, 2.75) is 31.6 Å². The van der Waals surface area contributed by atoms with E-state index < -0.39 is 15.8 Å². The first-order valence-corrected chi connectivity index (χ1v) is 8.53. The molecular weight excluding hydrogens is 274 g/mol. The van der Waals surface area contributed by atoms with Crippen molar-refractivity contribution in [3.05, 3.63) is 16.1 Å². The first-order chi connectivity index (χ1) is 8.46. The summed E-state index contributed by atoms with van der Waals surface area (Å²) in [5, 5.41) is 11.4. The van der Waals surface area contributed by atoms with Crippen molar-refractivity contribution < 1.29 is 18.3 Å². The quantitative estimate of drug-likeness (QED) is 0.907. The number of aliphatic carboxylic acids is 1. The highest BCUT2D eigenvalue weighted by Crippen LogP contribution is 2.31. The average Bonchev–Trinajstić information content (AvgIpc) is 2.75. The molecule has 0 aliphatic carbocycles. The zero-order valence-electron chi connectivity index (χ0n) is 9.83. The van der Waals surface area contributed by atoms with Crippen molar-refractivity contribution in [1.82, 2.24) is 4.98 Å². The van der Waals surface area contributed by atoms with E-state index in [1.54, 1.807) is 0 Å². The Morgan fingerprint density at radius 1 is 1.44 bits per heavy atom. The van der Waals surface area contributed by atoms with Gasteiger partial charge in [0.2, 0.25) is 0 Å². The summed E-state index contributed by atoms with van der Waals surface area (Å²) >= 11 is 1.51. The van der Waals surface area contributed by atoms with Gasteiger partial charge in [-0.15, -0.1) is 11.3 Å². The number of carbonyl (C=O) groups is 1. The molecule has 7 heteroatoms. The molecule has 0 radical (unpaired) electrons. The second kappa shape index (κ2) is 5.36. The number of hydrogen-bond donors (Lipinski definition) is 1. The summed E-state index contributed by atoms with van der Waals surface area (Å²) in [6.45, 7) is 0. The van der Waals surface area contributed by atoms with E-state index in [9.17, 15) is 13.2 Å². The van der Waals surface area contributed by atoms with Crippen LogP contribution in [0.5, 0.6) is 0 Å². The molecule has 18 heavy (non-hydrogen) atoms. The van der Waals surface area contributed by atoms with E-state index in [-0.39, 0.29) is 23.8 Å². The Morgan fingerprint density at radius 2 is 2.11 bits per heavy atom. The molecule has 0 spiro atoms. The summed E-state index contributed by atoms with van der Waals surface area (Å²) in [6, 6.07) is 0. The third-order valence-corrected chi connectivity index (χ3v) is 5.84. The number of aromatic nitrogens is 1. The predicted molar refractivity (Wildman–Crippen MR) is 68.7 cm³/mol. The number of carboxylic acid groups (broad SMARTS) is 1. The molecule has 0 amide bonds. The van der Waals surface area contributed by atoms with Crippen molar-refractivity contribution in [3.8, 4) is 0 Å². The maximum absolute atomic E-state index is 11.3. The molecular formula is C11H15NO4S2. The third kappa shape index (κ3) is 3.52. The highest BCUT2D eigenvalue weighted by molar-refractivity contribution is 7.91. The number of carboxylic acids is 1. The second-order valence-corrected chi connectivity index (χ2v) is 7.69. The van der Waals surface area contributed by atoms with E-state index in [4.69, 9.17) is 5.11 Å². The van der Waals surface area contributed by atoms with Gasteiger partial charge in [-0.3, -0.25) is 4.79 Å². The van der Waals surface area contributed by atoms with Crippen molar-refractivity contribution in [2.75, 3.05) is 11.5 Å². The minimum absolute atomic E-state index is 0.0855. The first-order valence-electron chi connectivity index (χ1n) is 5.83. The largest absolute Gasteiger partial charge is 0.481 e. The lowest BCUT2D eigenvalue weighted by atomic mass is 10.0. The van der Waals surface area contributed by atoms with Gasteiger partial charge in [-0.25, -0.2) is 13.4 Å². The third-order valence-electron chi connectivity index (χ3n) is 3.07. The lowest BCUT2D eigenvalue weighted by Crippen LogP contribution is -2.22. The highest BCUT2D eigenvalue weighted by Gasteiger charge is 2.26.